The fourth-order valence-corrected chi connectivity index (χ4v) is 4.21. The third-order valence-electron chi connectivity index (χ3n) is 5.93. The van der Waals surface area contributed by atoms with E-state index in [1.54, 1.807) is 0 Å². The molecule has 3 rings (SSSR count). The van der Waals surface area contributed by atoms with Gasteiger partial charge >= 0.3 is 0 Å². The first-order valence-corrected chi connectivity index (χ1v) is 12.0. The monoisotopic (exact) mass is 454 g/mol. The lowest BCUT2D eigenvalue weighted by molar-refractivity contribution is -0.116. The molecule has 1 amide bonds. The average molecular weight is 455 g/mol. The third-order valence-corrected chi connectivity index (χ3v) is 6.24. The normalized spacial score (nSPS) is 13.7. The number of benzene rings is 2. The number of piperazine rings is 1. The maximum absolute atomic E-state index is 12.1. The van der Waals surface area contributed by atoms with Crippen LogP contribution in [0, 0.1) is 6.92 Å². The summed E-state index contributed by atoms with van der Waals surface area (Å²) in [5, 5.41) is 7.10. The molecule has 32 heavy (non-hydrogen) atoms. The molecule has 0 aliphatic carbocycles. The molecule has 5 nitrogen and oxygen atoms in total. The van der Waals surface area contributed by atoms with Crippen LogP contribution in [0.1, 0.15) is 44.6 Å². The topological polar surface area (TPSA) is 47.6 Å². The van der Waals surface area contributed by atoms with E-state index in [1.165, 1.54) is 18.5 Å². The van der Waals surface area contributed by atoms with Gasteiger partial charge in [-0.25, -0.2) is 0 Å². The fourth-order valence-electron chi connectivity index (χ4n) is 3.94. The van der Waals surface area contributed by atoms with Gasteiger partial charge in [-0.3, -0.25) is 4.79 Å². The minimum Gasteiger partial charge on any atom is -0.368 e. The highest BCUT2D eigenvalue weighted by Gasteiger charge is 2.19. The molecule has 1 aliphatic rings. The molecule has 0 spiro atoms. The van der Waals surface area contributed by atoms with Crippen molar-refractivity contribution in [1.82, 2.24) is 4.90 Å². The first-order chi connectivity index (χ1) is 15.5. The van der Waals surface area contributed by atoms with E-state index in [0.29, 0.717) is 11.4 Å². The van der Waals surface area contributed by atoms with Crippen molar-refractivity contribution in [3.05, 3.63) is 65.5 Å². The van der Waals surface area contributed by atoms with Crippen molar-refractivity contribution in [3.8, 4) is 0 Å². The summed E-state index contributed by atoms with van der Waals surface area (Å²) in [4.78, 5) is 16.7. The predicted octanol–water partition coefficient (Wildman–Crippen LogP) is 6.26. The number of nitrogens with one attached hydrogen (secondary N) is 2. The van der Waals surface area contributed by atoms with Crippen LogP contribution >= 0.6 is 11.6 Å². The van der Waals surface area contributed by atoms with Crippen molar-refractivity contribution in [2.24, 2.45) is 0 Å². The van der Waals surface area contributed by atoms with Gasteiger partial charge in [-0.2, -0.15) is 0 Å². The summed E-state index contributed by atoms with van der Waals surface area (Å²) < 4.78 is 0. The Morgan fingerprint density at radius 3 is 2.38 bits per heavy atom. The molecule has 0 atom stereocenters. The van der Waals surface area contributed by atoms with Crippen LogP contribution in [0.25, 0.3) is 0 Å². The molecular weight excluding hydrogens is 420 g/mol. The van der Waals surface area contributed by atoms with Crippen molar-refractivity contribution in [3.63, 3.8) is 0 Å². The van der Waals surface area contributed by atoms with Crippen LogP contribution in [-0.2, 0) is 4.79 Å². The molecular formula is C26H35ClN4O. The summed E-state index contributed by atoms with van der Waals surface area (Å²) in [5.74, 6) is 0.972. The van der Waals surface area contributed by atoms with Gasteiger partial charge < -0.3 is 20.4 Å². The number of anilines is 3. The quantitative estimate of drug-likeness (QED) is 0.416. The first-order valence-electron chi connectivity index (χ1n) is 11.6. The van der Waals surface area contributed by atoms with E-state index >= 15 is 0 Å². The second kappa shape index (κ2) is 11.8. The van der Waals surface area contributed by atoms with Gasteiger partial charge in [0, 0.05) is 44.0 Å². The van der Waals surface area contributed by atoms with Crippen LogP contribution in [-0.4, -0.2) is 37.0 Å². The Labute approximate surface area is 197 Å². The summed E-state index contributed by atoms with van der Waals surface area (Å²) in [6, 6.07) is 14.0. The summed E-state index contributed by atoms with van der Waals surface area (Å²) in [5.41, 5.74) is 4.06. The van der Waals surface area contributed by atoms with Gasteiger partial charge in [0.15, 0.2) is 0 Å². The lowest BCUT2D eigenvalue weighted by atomic mass is 10.1. The van der Waals surface area contributed by atoms with Gasteiger partial charge in [-0.1, -0.05) is 56.5 Å². The van der Waals surface area contributed by atoms with E-state index in [9.17, 15) is 4.79 Å². The van der Waals surface area contributed by atoms with Crippen LogP contribution < -0.4 is 15.5 Å². The Hall–Kier alpha value is -2.66. The highest BCUT2D eigenvalue weighted by atomic mass is 35.5. The molecule has 2 aromatic carbocycles. The molecule has 0 saturated carbocycles. The minimum absolute atomic E-state index is 0.0993. The van der Waals surface area contributed by atoms with E-state index in [4.69, 9.17) is 11.6 Å². The third kappa shape index (κ3) is 6.67. The Morgan fingerprint density at radius 1 is 1.00 bits per heavy atom. The van der Waals surface area contributed by atoms with Gasteiger partial charge in [0.05, 0.1) is 16.5 Å². The number of nitrogens with zero attached hydrogens (tertiary/aromatic N) is 2. The lowest BCUT2D eigenvalue weighted by Crippen LogP contribution is -2.46. The molecule has 2 aromatic rings. The Kier molecular flexibility index (Phi) is 8.86. The zero-order valence-corrected chi connectivity index (χ0v) is 20.0. The standard InChI is InChI=1S/C26H35ClN4O/c1-4-5-6-7-11-25(32)29-22-12-14-23(15-13-22)31-18-16-30(17-19-31)21(3)28-26-20(2)9-8-10-24(26)27/h8-10,12-15,28H,3-7,11,16-19H2,1-2H3,(H,29,32). The number of hydrogen-bond acceptors (Lipinski definition) is 4. The Balaban J connectivity index is 1.46. The van der Waals surface area contributed by atoms with E-state index < -0.39 is 0 Å². The Morgan fingerprint density at radius 2 is 1.72 bits per heavy atom. The van der Waals surface area contributed by atoms with E-state index in [0.717, 1.165) is 61.8 Å². The zero-order chi connectivity index (χ0) is 22.9. The number of halogens is 1. The molecule has 172 valence electrons. The van der Waals surface area contributed by atoms with Crippen molar-refractivity contribution < 1.29 is 4.79 Å². The predicted molar refractivity (Wildman–Crippen MR) is 137 cm³/mol. The van der Waals surface area contributed by atoms with E-state index in [2.05, 4.69) is 46.1 Å². The number of carbonyl (C=O) groups excluding carboxylic acids is 1. The molecule has 0 bridgehead atoms. The van der Waals surface area contributed by atoms with Gasteiger partial charge in [-0.05, 0) is 49.2 Å². The van der Waals surface area contributed by atoms with Crippen molar-refractivity contribution >= 4 is 34.6 Å². The first kappa shape index (κ1) is 24.0. The second-order valence-electron chi connectivity index (χ2n) is 8.38. The van der Waals surface area contributed by atoms with Crippen LogP contribution in [0.3, 0.4) is 0 Å². The van der Waals surface area contributed by atoms with E-state index in [1.807, 2.05) is 37.3 Å². The minimum atomic E-state index is 0.0993. The number of rotatable bonds is 10. The number of aryl methyl sites for hydroxylation is 1. The lowest BCUT2D eigenvalue weighted by Gasteiger charge is -2.38. The molecule has 2 N–H and O–H groups in total. The van der Waals surface area contributed by atoms with Gasteiger partial charge in [-0.15, -0.1) is 0 Å². The van der Waals surface area contributed by atoms with Crippen LogP contribution in [0.2, 0.25) is 5.02 Å². The summed E-state index contributed by atoms with van der Waals surface area (Å²) >= 11 is 6.34. The summed E-state index contributed by atoms with van der Waals surface area (Å²) in [6.45, 7) is 12.0. The Bertz CT molecular complexity index is 884. The molecule has 1 saturated heterocycles. The number of hydrogen-bond donors (Lipinski definition) is 2. The van der Waals surface area contributed by atoms with Gasteiger partial charge in [0.2, 0.25) is 5.91 Å². The second-order valence-corrected chi connectivity index (χ2v) is 8.79. The molecule has 6 heteroatoms. The highest BCUT2D eigenvalue weighted by Crippen LogP contribution is 2.27. The molecule has 1 fully saturated rings. The average Bonchev–Trinajstić information content (AvgIpc) is 2.80. The SMILES string of the molecule is C=C(Nc1c(C)cccc1Cl)N1CCN(c2ccc(NC(=O)CCCCCC)cc2)CC1. The maximum Gasteiger partial charge on any atom is 0.224 e. The number of carbonyl (C=O) groups is 1. The molecule has 0 unspecified atom stereocenters. The number of para-hydroxylation sites is 1. The van der Waals surface area contributed by atoms with E-state index in [-0.39, 0.29) is 5.91 Å². The van der Waals surface area contributed by atoms with Gasteiger partial charge in [0.1, 0.15) is 0 Å². The summed E-state index contributed by atoms with van der Waals surface area (Å²) in [7, 11) is 0. The molecule has 0 aromatic heterocycles. The van der Waals surface area contributed by atoms with Crippen LogP contribution in [0.5, 0.6) is 0 Å². The maximum atomic E-state index is 12.1. The number of unbranched alkanes of at least 4 members (excludes halogenated alkanes) is 3. The van der Waals surface area contributed by atoms with Crippen LogP contribution in [0.15, 0.2) is 54.9 Å². The van der Waals surface area contributed by atoms with Gasteiger partial charge in [0.25, 0.3) is 0 Å². The van der Waals surface area contributed by atoms with Crippen molar-refractivity contribution in [2.45, 2.75) is 46.0 Å². The number of amides is 1. The smallest absolute Gasteiger partial charge is 0.224 e. The molecule has 1 heterocycles. The largest absolute Gasteiger partial charge is 0.368 e. The summed E-state index contributed by atoms with van der Waals surface area (Å²) in [6.07, 6.45) is 5.05. The molecule has 1 aliphatic heterocycles. The fraction of sp³-hybridized carbons (Fsp3) is 0.423. The zero-order valence-electron chi connectivity index (χ0n) is 19.3. The van der Waals surface area contributed by atoms with Crippen molar-refractivity contribution in [1.29, 1.82) is 0 Å². The van der Waals surface area contributed by atoms with Crippen LogP contribution in [0.4, 0.5) is 17.1 Å². The van der Waals surface area contributed by atoms with Crippen molar-refractivity contribution in [2.75, 3.05) is 41.7 Å². The molecule has 0 radical (unpaired) electrons. The highest BCUT2D eigenvalue weighted by molar-refractivity contribution is 6.33.